The number of hydrogen-bond acceptors (Lipinski definition) is 3. The Labute approximate surface area is 111 Å². The molecule has 1 aromatic carbocycles. The maximum atomic E-state index is 13.6. The Kier molecular flexibility index (Phi) is 4.01. The summed E-state index contributed by atoms with van der Waals surface area (Å²) in [4.78, 5) is 14.7. The quantitative estimate of drug-likeness (QED) is 0.932. The van der Waals surface area contributed by atoms with E-state index in [9.17, 15) is 13.4 Å². The van der Waals surface area contributed by atoms with Gasteiger partial charge in [0.1, 0.15) is 5.82 Å². The van der Waals surface area contributed by atoms with E-state index in [1.54, 1.807) is 24.4 Å². The van der Waals surface area contributed by atoms with Gasteiger partial charge in [-0.2, -0.15) is 0 Å². The van der Waals surface area contributed by atoms with E-state index < -0.39 is 22.6 Å². The fourth-order valence-electron chi connectivity index (χ4n) is 1.51. The zero-order valence-corrected chi connectivity index (χ0v) is 10.6. The van der Waals surface area contributed by atoms with Crippen molar-refractivity contribution in [2.45, 2.75) is 10.6 Å². The van der Waals surface area contributed by atoms with Crippen molar-refractivity contribution in [3.8, 4) is 0 Å². The molecule has 6 heteroatoms. The first-order valence-corrected chi connectivity index (χ1v) is 6.71. The normalized spacial score (nSPS) is 12.1. The Bertz CT molecular complexity index is 631. The summed E-state index contributed by atoms with van der Waals surface area (Å²) in [6.07, 6.45) is 1.55. The molecule has 19 heavy (non-hydrogen) atoms. The van der Waals surface area contributed by atoms with Gasteiger partial charge in [-0.3, -0.25) is 9.19 Å². The average molecular weight is 279 g/mol. The Morgan fingerprint density at radius 3 is 2.74 bits per heavy atom. The van der Waals surface area contributed by atoms with E-state index in [1.165, 1.54) is 0 Å². The second-order valence-electron chi connectivity index (χ2n) is 3.76. The van der Waals surface area contributed by atoms with Crippen LogP contribution in [0.15, 0.2) is 47.5 Å². The molecule has 0 aliphatic rings. The largest absolute Gasteiger partial charge is 0.478 e. The van der Waals surface area contributed by atoms with Crippen LogP contribution < -0.4 is 0 Å². The molecule has 2 rings (SSSR count). The molecule has 0 bridgehead atoms. The van der Waals surface area contributed by atoms with Crippen molar-refractivity contribution in [3.63, 3.8) is 0 Å². The Morgan fingerprint density at radius 1 is 1.32 bits per heavy atom. The number of nitrogens with zero attached hydrogens (tertiary/aromatic N) is 1. The summed E-state index contributed by atoms with van der Waals surface area (Å²) in [7, 11) is -1.67. The Hall–Kier alpha value is -2.08. The molecule has 0 amide bonds. The zero-order chi connectivity index (χ0) is 13.8. The fraction of sp³-hybridized carbons (Fsp3) is 0.0769. The number of rotatable bonds is 4. The van der Waals surface area contributed by atoms with Crippen LogP contribution in [0, 0.1) is 5.82 Å². The minimum Gasteiger partial charge on any atom is -0.478 e. The first-order chi connectivity index (χ1) is 9.08. The third-order valence-corrected chi connectivity index (χ3v) is 3.79. The van der Waals surface area contributed by atoms with Crippen LogP contribution in [-0.2, 0) is 16.6 Å². The number of pyridine rings is 1. The average Bonchev–Trinajstić information content (AvgIpc) is 2.40. The van der Waals surface area contributed by atoms with Crippen LogP contribution in [-0.4, -0.2) is 20.3 Å². The van der Waals surface area contributed by atoms with Gasteiger partial charge >= 0.3 is 5.97 Å². The molecule has 0 fully saturated rings. The molecular weight excluding hydrogens is 269 g/mol. The van der Waals surface area contributed by atoms with Gasteiger partial charge in [0, 0.05) is 6.20 Å². The molecule has 1 N–H and O–H groups in total. The molecule has 0 radical (unpaired) electrons. The predicted molar refractivity (Wildman–Crippen MR) is 67.7 cm³/mol. The maximum Gasteiger partial charge on any atom is 0.335 e. The molecule has 0 aliphatic carbocycles. The number of carbonyl (C=O) groups is 1. The van der Waals surface area contributed by atoms with Gasteiger partial charge in [-0.1, -0.05) is 6.07 Å². The molecular formula is C13H10FNO3S. The number of aromatic carboxylic acids is 1. The van der Waals surface area contributed by atoms with E-state index in [1.807, 2.05) is 0 Å². The van der Waals surface area contributed by atoms with Crippen molar-refractivity contribution in [1.82, 2.24) is 4.98 Å². The Balaban J connectivity index is 2.28. The van der Waals surface area contributed by atoms with Gasteiger partial charge < -0.3 is 5.11 Å². The van der Waals surface area contributed by atoms with E-state index in [-0.39, 0.29) is 16.2 Å². The summed E-state index contributed by atoms with van der Waals surface area (Å²) in [5.74, 6) is -1.82. The number of halogens is 1. The lowest BCUT2D eigenvalue weighted by Gasteiger charge is -2.04. The third kappa shape index (κ3) is 3.23. The van der Waals surface area contributed by atoms with Crippen LogP contribution in [0.2, 0.25) is 0 Å². The summed E-state index contributed by atoms with van der Waals surface area (Å²) >= 11 is 0. The molecule has 98 valence electrons. The number of hydrogen-bond donors (Lipinski definition) is 1. The molecule has 1 atom stereocenters. The van der Waals surface area contributed by atoms with Crippen molar-refractivity contribution in [1.29, 1.82) is 0 Å². The summed E-state index contributed by atoms with van der Waals surface area (Å²) < 4.78 is 25.6. The van der Waals surface area contributed by atoms with Crippen molar-refractivity contribution < 1.29 is 18.5 Å². The summed E-state index contributed by atoms with van der Waals surface area (Å²) in [6, 6.07) is 8.38. The van der Waals surface area contributed by atoms with Crippen molar-refractivity contribution in [2.75, 3.05) is 0 Å². The second kappa shape index (κ2) is 5.71. The highest BCUT2D eigenvalue weighted by molar-refractivity contribution is 7.84. The van der Waals surface area contributed by atoms with E-state index in [0.717, 1.165) is 18.2 Å². The van der Waals surface area contributed by atoms with Crippen LogP contribution in [0.25, 0.3) is 0 Å². The van der Waals surface area contributed by atoms with Crippen molar-refractivity contribution >= 4 is 16.8 Å². The highest BCUT2D eigenvalue weighted by Crippen LogP contribution is 2.17. The molecule has 0 saturated carbocycles. The molecule has 0 saturated heterocycles. The van der Waals surface area contributed by atoms with Gasteiger partial charge in [0.2, 0.25) is 0 Å². The highest BCUT2D eigenvalue weighted by atomic mass is 32.2. The van der Waals surface area contributed by atoms with Crippen molar-refractivity contribution in [2.24, 2.45) is 0 Å². The topological polar surface area (TPSA) is 67.3 Å². The van der Waals surface area contributed by atoms with Crippen molar-refractivity contribution in [3.05, 3.63) is 59.7 Å². The predicted octanol–water partition coefficient (Wildman–Crippen LogP) is 2.23. The minimum atomic E-state index is -1.67. The minimum absolute atomic E-state index is 0.0425. The first-order valence-electron chi connectivity index (χ1n) is 5.39. The molecule has 2 aromatic rings. The molecule has 1 aromatic heterocycles. The number of aromatic nitrogens is 1. The third-order valence-electron chi connectivity index (χ3n) is 2.43. The molecule has 4 nitrogen and oxygen atoms in total. The standard InChI is InChI=1S/C13H10FNO3S/c14-11-5-4-9(13(16)17)7-12(11)19(18)8-10-3-1-2-6-15-10/h1-7H,8H2,(H,16,17). The number of carboxylic acids is 1. The number of benzene rings is 1. The van der Waals surface area contributed by atoms with E-state index in [0.29, 0.717) is 5.69 Å². The molecule has 1 unspecified atom stereocenters. The van der Waals surface area contributed by atoms with Gasteiger partial charge in [0.05, 0.1) is 32.7 Å². The second-order valence-corrected chi connectivity index (χ2v) is 5.18. The van der Waals surface area contributed by atoms with Crippen LogP contribution in [0.5, 0.6) is 0 Å². The smallest absolute Gasteiger partial charge is 0.335 e. The molecule has 0 aliphatic heterocycles. The van der Waals surface area contributed by atoms with Crippen LogP contribution >= 0.6 is 0 Å². The van der Waals surface area contributed by atoms with E-state index in [2.05, 4.69) is 4.98 Å². The number of carboxylic acid groups (broad SMARTS) is 1. The van der Waals surface area contributed by atoms with Gasteiger partial charge in [-0.15, -0.1) is 0 Å². The van der Waals surface area contributed by atoms with Crippen LogP contribution in [0.4, 0.5) is 4.39 Å². The summed E-state index contributed by atoms with van der Waals surface area (Å²) in [6.45, 7) is 0. The first kappa shape index (κ1) is 13.4. The fourth-order valence-corrected chi connectivity index (χ4v) is 2.65. The summed E-state index contributed by atoms with van der Waals surface area (Å²) in [5.41, 5.74) is 0.465. The monoisotopic (exact) mass is 279 g/mol. The van der Waals surface area contributed by atoms with Gasteiger partial charge in [-0.25, -0.2) is 9.18 Å². The maximum absolute atomic E-state index is 13.6. The summed E-state index contributed by atoms with van der Waals surface area (Å²) in [5, 5.41) is 8.84. The van der Waals surface area contributed by atoms with E-state index in [4.69, 9.17) is 5.11 Å². The van der Waals surface area contributed by atoms with Gasteiger partial charge in [0.15, 0.2) is 0 Å². The van der Waals surface area contributed by atoms with E-state index >= 15 is 0 Å². The Morgan fingerprint density at radius 2 is 2.11 bits per heavy atom. The molecule has 0 spiro atoms. The van der Waals surface area contributed by atoms with Crippen LogP contribution in [0.1, 0.15) is 16.1 Å². The van der Waals surface area contributed by atoms with Crippen LogP contribution in [0.3, 0.4) is 0 Å². The molecule has 1 heterocycles. The lowest BCUT2D eigenvalue weighted by Crippen LogP contribution is -2.04. The zero-order valence-electron chi connectivity index (χ0n) is 9.75. The van der Waals surface area contributed by atoms with Gasteiger partial charge in [0.25, 0.3) is 0 Å². The SMILES string of the molecule is O=C(O)c1ccc(F)c(S(=O)Cc2ccccn2)c1. The lowest BCUT2D eigenvalue weighted by molar-refractivity contribution is 0.0696. The highest BCUT2D eigenvalue weighted by Gasteiger charge is 2.14. The lowest BCUT2D eigenvalue weighted by atomic mass is 10.2. The van der Waals surface area contributed by atoms with Gasteiger partial charge in [-0.05, 0) is 30.3 Å².